The maximum Gasteiger partial charge on any atom is 0.119 e. The molecule has 1 radical (unpaired) electrons. The van der Waals surface area contributed by atoms with Crippen LogP contribution in [0, 0.1) is 17.8 Å². The monoisotopic (exact) mass is 160 g/mol. The first-order chi connectivity index (χ1) is 5.93. The molecule has 0 saturated heterocycles. The molecule has 1 aromatic rings. The fraction of sp³-hybridized carbons (Fsp3) is 0.200. The molecule has 61 valence electrons. The molecule has 0 N–H and O–H groups in total. The van der Waals surface area contributed by atoms with E-state index in [2.05, 4.69) is 0 Å². The lowest BCUT2D eigenvalue weighted by Crippen LogP contribution is -1.96. The summed E-state index contributed by atoms with van der Waals surface area (Å²) in [6, 6.07) is 11.6. The quantitative estimate of drug-likeness (QED) is 0.632. The number of para-hydroxylation sites is 1. The van der Waals surface area contributed by atoms with Crippen molar-refractivity contribution in [1.29, 1.82) is 5.26 Å². The molecule has 0 bridgehead atoms. The van der Waals surface area contributed by atoms with E-state index in [0.717, 1.165) is 5.75 Å². The summed E-state index contributed by atoms with van der Waals surface area (Å²) in [6.45, 7) is 0.498. The third kappa shape index (κ3) is 3.07. The summed E-state index contributed by atoms with van der Waals surface area (Å²) in [6.07, 6.45) is 2.24. The Morgan fingerprint density at radius 2 is 2.08 bits per heavy atom. The first-order valence-corrected chi connectivity index (χ1v) is 3.80. The Morgan fingerprint density at radius 3 is 2.75 bits per heavy atom. The summed E-state index contributed by atoms with van der Waals surface area (Å²) in [5.41, 5.74) is 0. The van der Waals surface area contributed by atoms with Crippen LogP contribution in [0.4, 0.5) is 0 Å². The lowest BCUT2D eigenvalue weighted by molar-refractivity contribution is 0.347. The molecule has 2 nitrogen and oxygen atoms in total. The molecule has 0 aliphatic carbocycles. The highest BCUT2D eigenvalue weighted by atomic mass is 16.5. The zero-order valence-corrected chi connectivity index (χ0v) is 6.73. The van der Waals surface area contributed by atoms with Crippen LogP contribution in [-0.2, 0) is 0 Å². The predicted octanol–water partition coefficient (Wildman–Crippen LogP) is 2.18. The Bertz CT molecular complexity index is 250. The molecule has 0 unspecified atom stereocenters. The van der Waals surface area contributed by atoms with Crippen LogP contribution in [0.1, 0.15) is 6.42 Å². The summed E-state index contributed by atoms with van der Waals surface area (Å²) in [4.78, 5) is 0. The molecule has 12 heavy (non-hydrogen) atoms. The highest BCUT2D eigenvalue weighted by molar-refractivity contribution is 5.20. The molecule has 0 aromatic heterocycles. The first-order valence-electron chi connectivity index (χ1n) is 3.80. The van der Waals surface area contributed by atoms with Crippen molar-refractivity contribution in [2.45, 2.75) is 6.42 Å². The standard InChI is InChI=1S/C10H10NO/c11-8-4-5-9-12-10-6-2-1-3-7-10/h1-3,5-7H,4,9H2. The highest BCUT2D eigenvalue weighted by Crippen LogP contribution is 2.08. The molecule has 2 heteroatoms. The number of nitrogens with zero attached hydrogens (tertiary/aromatic N) is 1. The van der Waals surface area contributed by atoms with Gasteiger partial charge in [-0.2, -0.15) is 5.26 Å². The molecular weight excluding hydrogens is 150 g/mol. The minimum atomic E-state index is 0.437. The average Bonchev–Trinajstić information content (AvgIpc) is 2.14. The van der Waals surface area contributed by atoms with Gasteiger partial charge in [-0.05, 0) is 12.1 Å². The second-order valence-corrected chi connectivity index (χ2v) is 2.27. The van der Waals surface area contributed by atoms with Gasteiger partial charge in [-0.25, -0.2) is 0 Å². The van der Waals surface area contributed by atoms with Gasteiger partial charge in [0, 0.05) is 12.8 Å². The van der Waals surface area contributed by atoms with Gasteiger partial charge in [-0.15, -0.1) is 0 Å². The minimum Gasteiger partial charge on any atom is -0.493 e. The molecule has 0 heterocycles. The lowest BCUT2D eigenvalue weighted by Gasteiger charge is -2.02. The van der Waals surface area contributed by atoms with Crippen LogP contribution < -0.4 is 4.74 Å². The molecule has 0 fully saturated rings. The van der Waals surface area contributed by atoms with Gasteiger partial charge in [0.05, 0.1) is 12.7 Å². The Morgan fingerprint density at radius 1 is 1.33 bits per heavy atom. The molecule has 0 spiro atoms. The van der Waals surface area contributed by atoms with Crippen LogP contribution in [-0.4, -0.2) is 6.61 Å². The summed E-state index contributed by atoms with van der Waals surface area (Å²) in [5.74, 6) is 0.840. The molecular formula is C10H10NO. The maximum atomic E-state index is 8.23. The highest BCUT2D eigenvalue weighted by Gasteiger charge is 1.90. The molecule has 0 saturated carbocycles. The predicted molar refractivity (Wildman–Crippen MR) is 46.5 cm³/mol. The molecule has 1 aromatic carbocycles. The molecule has 1 rings (SSSR count). The van der Waals surface area contributed by atoms with Crippen molar-refractivity contribution in [3.05, 3.63) is 36.8 Å². The van der Waals surface area contributed by atoms with E-state index in [1.807, 2.05) is 36.4 Å². The van der Waals surface area contributed by atoms with Crippen LogP contribution in [0.3, 0.4) is 0 Å². The summed E-state index contributed by atoms with van der Waals surface area (Å²) < 4.78 is 5.30. The van der Waals surface area contributed by atoms with Crippen molar-refractivity contribution in [3.8, 4) is 11.8 Å². The number of rotatable bonds is 4. The lowest BCUT2D eigenvalue weighted by atomic mass is 10.3. The van der Waals surface area contributed by atoms with Gasteiger partial charge in [-0.1, -0.05) is 18.2 Å². The second-order valence-electron chi connectivity index (χ2n) is 2.27. The summed E-state index contributed by atoms with van der Waals surface area (Å²) in [5, 5.41) is 8.23. The minimum absolute atomic E-state index is 0.437. The van der Waals surface area contributed by atoms with Crippen LogP contribution >= 0.6 is 0 Å². The molecule has 0 atom stereocenters. The van der Waals surface area contributed by atoms with Crippen LogP contribution in [0.15, 0.2) is 30.3 Å². The maximum absolute atomic E-state index is 8.23. The smallest absolute Gasteiger partial charge is 0.119 e. The van der Waals surface area contributed by atoms with Crippen molar-refractivity contribution in [2.75, 3.05) is 6.61 Å². The Balaban J connectivity index is 2.21. The van der Waals surface area contributed by atoms with Gasteiger partial charge < -0.3 is 4.74 Å². The molecule has 0 amide bonds. The van der Waals surface area contributed by atoms with E-state index in [9.17, 15) is 0 Å². The Kier molecular flexibility index (Phi) is 3.73. The van der Waals surface area contributed by atoms with E-state index in [0.29, 0.717) is 13.0 Å². The third-order valence-corrected chi connectivity index (χ3v) is 1.35. The summed E-state index contributed by atoms with van der Waals surface area (Å²) in [7, 11) is 0. The Hall–Kier alpha value is -1.49. The average molecular weight is 160 g/mol. The zero-order valence-electron chi connectivity index (χ0n) is 6.73. The van der Waals surface area contributed by atoms with Crippen LogP contribution in [0.5, 0.6) is 5.75 Å². The van der Waals surface area contributed by atoms with Crippen molar-refractivity contribution in [1.82, 2.24) is 0 Å². The largest absolute Gasteiger partial charge is 0.493 e. The SMILES string of the molecule is N#CC[CH]COc1ccccc1. The van der Waals surface area contributed by atoms with E-state index >= 15 is 0 Å². The fourth-order valence-corrected chi connectivity index (χ4v) is 0.795. The van der Waals surface area contributed by atoms with Gasteiger partial charge >= 0.3 is 0 Å². The number of hydrogen-bond acceptors (Lipinski definition) is 2. The van der Waals surface area contributed by atoms with E-state index in [4.69, 9.17) is 10.00 Å². The number of nitriles is 1. The van der Waals surface area contributed by atoms with E-state index in [-0.39, 0.29) is 0 Å². The third-order valence-electron chi connectivity index (χ3n) is 1.35. The number of benzene rings is 1. The van der Waals surface area contributed by atoms with Gasteiger partial charge in [-0.3, -0.25) is 0 Å². The van der Waals surface area contributed by atoms with Crippen molar-refractivity contribution >= 4 is 0 Å². The van der Waals surface area contributed by atoms with Gasteiger partial charge in [0.1, 0.15) is 5.75 Å². The van der Waals surface area contributed by atoms with Gasteiger partial charge in [0.15, 0.2) is 0 Å². The fourth-order valence-electron chi connectivity index (χ4n) is 0.795. The first kappa shape index (κ1) is 8.61. The van der Waals surface area contributed by atoms with E-state index in [1.54, 1.807) is 6.42 Å². The number of hydrogen-bond donors (Lipinski definition) is 0. The van der Waals surface area contributed by atoms with Crippen LogP contribution in [0.2, 0.25) is 0 Å². The zero-order chi connectivity index (χ0) is 8.65. The topological polar surface area (TPSA) is 33.0 Å². The summed E-state index contributed by atoms with van der Waals surface area (Å²) >= 11 is 0. The molecule has 0 aliphatic heterocycles. The van der Waals surface area contributed by atoms with Gasteiger partial charge in [0.2, 0.25) is 0 Å². The van der Waals surface area contributed by atoms with Gasteiger partial charge in [0.25, 0.3) is 0 Å². The van der Waals surface area contributed by atoms with Crippen molar-refractivity contribution in [2.24, 2.45) is 0 Å². The van der Waals surface area contributed by atoms with Crippen LogP contribution in [0.25, 0.3) is 0 Å². The van der Waals surface area contributed by atoms with E-state index < -0.39 is 0 Å². The number of ether oxygens (including phenoxy) is 1. The van der Waals surface area contributed by atoms with Crippen molar-refractivity contribution in [3.63, 3.8) is 0 Å². The van der Waals surface area contributed by atoms with E-state index in [1.165, 1.54) is 0 Å². The normalized spacial score (nSPS) is 8.92. The van der Waals surface area contributed by atoms with Crippen molar-refractivity contribution < 1.29 is 4.74 Å². The Labute approximate surface area is 72.4 Å². The second kappa shape index (κ2) is 5.20. The number of unbranched alkanes of at least 4 members (excludes halogenated alkanes) is 1. The molecule has 0 aliphatic rings.